The SMILES string of the molecule is Cc1c(-c2ccccc2)nn2c1NC(=O)C[C@H]2C(=O)Nc1ccccc1F. The number of anilines is 2. The van der Waals surface area contributed by atoms with Crippen LogP contribution in [0.4, 0.5) is 15.9 Å². The number of carbonyl (C=O) groups excluding carboxylic acids is 2. The second kappa shape index (κ2) is 6.68. The maximum atomic E-state index is 13.9. The Bertz CT molecular complexity index is 1030. The molecule has 136 valence electrons. The molecule has 0 radical (unpaired) electrons. The standard InChI is InChI=1S/C20H17FN4O2/c1-12-18(13-7-3-2-4-8-13)24-25-16(11-17(26)23-19(12)25)20(27)22-15-10-6-5-9-14(15)21/h2-10,16H,11H2,1H3,(H,22,27)(H,23,26)/t16-/m0/s1. The summed E-state index contributed by atoms with van der Waals surface area (Å²) in [6.45, 7) is 1.85. The van der Waals surface area contributed by atoms with Crippen LogP contribution in [0.15, 0.2) is 54.6 Å². The second-order valence-electron chi connectivity index (χ2n) is 6.37. The fraction of sp³-hybridized carbons (Fsp3) is 0.150. The first-order valence-electron chi connectivity index (χ1n) is 8.54. The Labute approximate surface area is 155 Å². The molecule has 0 bridgehead atoms. The number of benzene rings is 2. The Balaban J connectivity index is 1.71. The number of para-hydroxylation sites is 1. The Kier molecular flexibility index (Phi) is 4.19. The van der Waals surface area contributed by atoms with Crippen molar-refractivity contribution in [1.29, 1.82) is 0 Å². The highest BCUT2D eigenvalue weighted by Gasteiger charge is 2.34. The number of nitrogens with one attached hydrogen (secondary N) is 2. The van der Waals surface area contributed by atoms with Gasteiger partial charge in [0.05, 0.1) is 17.8 Å². The lowest BCUT2D eigenvalue weighted by Gasteiger charge is -2.24. The van der Waals surface area contributed by atoms with Crippen LogP contribution in [-0.2, 0) is 9.59 Å². The van der Waals surface area contributed by atoms with Crippen molar-refractivity contribution in [2.24, 2.45) is 0 Å². The number of halogens is 1. The molecule has 2 heterocycles. The van der Waals surface area contributed by atoms with Crippen LogP contribution in [0.3, 0.4) is 0 Å². The van der Waals surface area contributed by atoms with E-state index in [1.54, 1.807) is 12.1 Å². The summed E-state index contributed by atoms with van der Waals surface area (Å²) in [6, 6.07) is 14.6. The molecule has 1 aliphatic heterocycles. The summed E-state index contributed by atoms with van der Waals surface area (Å²) in [5.74, 6) is -0.816. The van der Waals surface area contributed by atoms with Gasteiger partial charge in [-0.2, -0.15) is 5.10 Å². The quantitative estimate of drug-likeness (QED) is 0.747. The van der Waals surface area contributed by atoms with Gasteiger partial charge in [0.2, 0.25) is 11.8 Å². The minimum atomic E-state index is -0.857. The number of hydrogen-bond acceptors (Lipinski definition) is 3. The molecule has 6 nitrogen and oxygen atoms in total. The molecule has 7 heteroatoms. The van der Waals surface area contributed by atoms with Crippen molar-refractivity contribution in [2.45, 2.75) is 19.4 Å². The summed E-state index contributed by atoms with van der Waals surface area (Å²) >= 11 is 0. The van der Waals surface area contributed by atoms with Gasteiger partial charge >= 0.3 is 0 Å². The molecule has 2 N–H and O–H groups in total. The fourth-order valence-corrected chi connectivity index (χ4v) is 3.19. The molecular weight excluding hydrogens is 347 g/mol. The monoisotopic (exact) mass is 364 g/mol. The molecule has 1 atom stereocenters. The zero-order chi connectivity index (χ0) is 19.0. The smallest absolute Gasteiger partial charge is 0.249 e. The average molecular weight is 364 g/mol. The van der Waals surface area contributed by atoms with Gasteiger partial charge < -0.3 is 10.6 Å². The molecule has 4 rings (SSSR count). The number of aromatic nitrogens is 2. The third-order valence-electron chi connectivity index (χ3n) is 4.56. The Morgan fingerprint density at radius 2 is 1.89 bits per heavy atom. The van der Waals surface area contributed by atoms with Gasteiger partial charge in [-0.3, -0.25) is 9.59 Å². The van der Waals surface area contributed by atoms with Gasteiger partial charge in [0.25, 0.3) is 0 Å². The Morgan fingerprint density at radius 3 is 2.63 bits per heavy atom. The van der Waals surface area contributed by atoms with Gasteiger partial charge in [-0.25, -0.2) is 9.07 Å². The van der Waals surface area contributed by atoms with Gasteiger partial charge in [0.1, 0.15) is 17.7 Å². The van der Waals surface area contributed by atoms with E-state index in [0.29, 0.717) is 11.5 Å². The first-order chi connectivity index (χ1) is 13.0. The van der Waals surface area contributed by atoms with Gasteiger partial charge in [0.15, 0.2) is 0 Å². The van der Waals surface area contributed by atoms with Gasteiger partial charge in [0, 0.05) is 11.1 Å². The topological polar surface area (TPSA) is 76.0 Å². The first-order valence-corrected chi connectivity index (χ1v) is 8.54. The fourth-order valence-electron chi connectivity index (χ4n) is 3.19. The molecule has 2 aromatic carbocycles. The summed E-state index contributed by atoms with van der Waals surface area (Å²) in [5.41, 5.74) is 2.43. The largest absolute Gasteiger partial charge is 0.322 e. The van der Waals surface area contributed by atoms with Crippen LogP contribution in [0.1, 0.15) is 18.0 Å². The van der Waals surface area contributed by atoms with Crippen molar-refractivity contribution in [1.82, 2.24) is 9.78 Å². The van der Waals surface area contributed by atoms with E-state index >= 15 is 0 Å². The molecule has 2 amide bonds. The third-order valence-corrected chi connectivity index (χ3v) is 4.56. The lowest BCUT2D eigenvalue weighted by atomic mass is 10.1. The van der Waals surface area contributed by atoms with Crippen LogP contribution >= 0.6 is 0 Å². The van der Waals surface area contributed by atoms with E-state index in [9.17, 15) is 14.0 Å². The minimum Gasteiger partial charge on any atom is -0.322 e. The average Bonchev–Trinajstić information content (AvgIpc) is 3.00. The number of carbonyl (C=O) groups is 2. The molecule has 1 aliphatic rings. The third kappa shape index (κ3) is 3.08. The lowest BCUT2D eigenvalue weighted by Crippen LogP contribution is -2.36. The highest BCUT2D eigenvalue weighted by molar-refractivity contribution is 6.02. The van der Waals surface area contributed by atoms with E-state index in [2.05, 4.69) is 15.7 Å². The molecule has 0 aliphatic carbocycles. The number of hydrogen-bond donors (Lipinski definition) is 2. The van der Waals surface area contributed by atoms with Crippen molar-refractivity contribution < 1.29 is 14.0 Å². The Hall–Kier alpha value is -3.48. The van der Waals surface area contributed by atoms with E-state index in [4.69, 9.17) is 0 Å². The maximum absolute atomic E-state index is 13.9. The number of nitrogens with zero attached hydrogens (tertiary/aromatic N) is 2. The summed E-state index contributed by atoms with van der Waals surface area (Å²) < 4.78 is 15.4. The predicted molar refractivity (Wildman–Crippen MR) is 99.7 cm³/mol. The molecular formula is C20H17FN4O2. The van der Waals surface area contributed by atoms with E-state index in [-0.39, 0.29) is 18.0 Å². The van der Waals surface area contributed by atoms with Crippen LogP contribution in [0.25, 0.3) is 11.3 Å². The molecule has 3 aromatic rings. The normalized spacial score (nSPS) is 15.8. The van der Waals surface area contributed by atoms with Crippen LogP contribution < -0.4 is 10.6 Å². The van der Waals surface area contributed by atoms with Gasteiger partial charge in [-0.1, -0.05) is 42.5 Å². The minimum absolute atomic E-state index is 0.0668. The van der Waals surface area contributed by atoms with Crippen molar-refractivity contribution in [3.8, 4) is 11.3 Å². The summed E-state index contributed by atoms with van der Waals surface area (Å²) in [4.78, 5) is 24.9. The zero-order valence-electron chi connectivity index (χ0n) is 14.6. The number of rotatable bonds is 3. The number of amides is 2. The van der Waals surface area contributed by atoms with E-state index in [1.807, 2.05) is 37.3 Å². The van der Waals surface area contributed by atoms with E-state index in [1.165, 1.54) is 16.8 Å². The van der Waals surface area contributed by atoms with Crippen LogP contribution in [0.5, 0.6) is 0 Å². The Morgan fingerprint density at radius 1 is 1.19 bits per heavy atom. The molecule has 0 unspecified atom stereocenters. The van der Waals surface area contributed by atoms with Crippen LogP contribution in [0.2, 0.25) is 0 Å². The van der Waals surface area contributed by atoms with Crippen molar-refractivity contribution >= 4 is 23.3 Å². The molecule has 0 spiro atoms. The lowest BCUT2D eigenvalue weighted by molar-refractivity contribution is -0.125. The highest BCUT2D eigenvalue weighted by Crippen LogP contribution is 2.34. The zero-order valence-corrected chi connectivity index (χ0v) is 14.6. The van der Waals surface area contributed by atoms with Gasteiger partial charge in [-0.15, -0.1) is 0 Å². The summed E-state index contributed by atoms with van der Waals surface area (Å²) in [5, 5.41) is 9.91. The predicted octanol–water partition coefficient (Wildman–Crippen LogP) is 3.52. The van der Waals surface area contributed by atoms with Crippen molar-refractivity contribution in [2.75, 3.05) is 10.6 Å². The highest BCUT2D eigenvalue weighted by atomic mass is 19.1. The van der Waals surface area contributed by atoms with Crippen LogP contribution in [0, 0.1) is 12.7 Å². The van der Waals surface area contributed by atoms with Crippen molar-refractivity contribution in [3.05, 3.63) is 66.0 Å². The van der Waals surface area contributed by atoms with Gasteiger partial charge in [-0.05, 0) is 19.1 Å². The molecule has 27 heavy (non-hydrogen) atoms. The molecule has 0 saturated carbocycles. The second-order valence-corrected chi connectivity index (χ2v) is 6.37. The molecule has 1 aromatic heterocycles. The van der Waals surface area contributed by atoms with Crippen LogP contribution in [-0.4, -0.2) is 21.6 Å². The van der Waals surface area contributed by atoms with E-state index < -0.39 is 17.8 Å². The summed E-state index contributed by atoms with van der Waals surface area (Å²) in [6.07, 6.45) is -0.0668. The number of fused-ring (bicyclic) bond motifs is 1. The summed E-state index contributed by atoms with van der Waals surface area (Å²) in [7, 11) is 0. The molecule has 0 saturated heterocycles. The maximum Gasteiger partial charge on any atom is 0.249 e. The van der Waals surface area contributed by atoms with E-state index in [0.717, 1.165) is 11.1 Å². The van der Waals surface area contributed by atoms with Crippen molar-refractivity contribution in [3.63, 3.8) is 0 Å². The molecule has 0 fully saturated rings. The first kappa shape index (κ1) is 17.0.